The third kappa shape index (κ3) is 2.32. The highest BCUT2D eigenvalue weighted by Gasteiger charge is 2.21. The molecule has 1 amide bonds. The standard InChI is InChI=1S/C15H17NOS/c17-15-6-3-9-16(15)10-11-18-14-8-7-12-4-1-2-5-13(12)14/h1-2,4-5,7-8,14H,3,6,9-11H2. The molecule has 94 valence electrons. The van der Waals surface area contributed by atoms with Crippen molar-refractivity contribution in [2.75, 3.05) is 18.8 Å². The average Bonchev–Trinajstić information content (AvgIpc) is 2.97. The molecular weight excluding hydrogens is 242 g/mol. The summed E-state index contributed by atoms with van der Waals surface area (Å²) in [7, 11) is 0. The SMILES string of the molecule is O=C1CCCN1CCSC1C=Cc2ccccc21. The van der Waals surface area contributed by atoms with Crippen molar-refractivity contribution < 1.29 is 4.79 Å². The first-order chi connectivity index (χ1) is 8.84. The van der Waals surface area contributed by atoms with Crippen LogP contribution >= 0.6 is 11.8 Å². The lowest BCUT2D eigenvalue weighted by Crippen LogP contribution is -2.27. The minimum absolute atomic E-state index is 0.331. The van der Waals surface area contributed by atoms with Gasteiger partial charge >= 0.3 is 0 Å². The van der Waals surface area contributed by atoms with Gasteiger partial charge in [-0.2, -0.15) is 0 Å². The Balaban J connectivity index is 1.53. The van der Waals surface area contributed by atoms with Crippen molar-refractivity contribution in [2.45, 2.75) is 18.1 Å². The van der Waals surface area contributed by atoms with Crippen molar-refractivity contribution in [2.24, 2.45) is 0 Å². The van der Waals surface area contributed by atoms with E-state index in [-0.39, 0.29) is 0 Å². The highest BCUT2D eigenvalue weighted by atomic mass is 32.2. The zero-order chi connectivity index (χ0) is 12.4. The molecule has 0 saturated carbocycles. The van der Waals surface area contributed by atoms with Crippen molar-refractivity contribution >= 4 is 23.7 Å². The second-order valence-electron chi connectivity index (χ2n) is 4.76. The van der Waals surface area contributed by atoms with Gasteiger partial charge < -0.3 is 4.90 Å². The molecule has 0 bridgehead atoms. The van der Waals surface area contributed by atoms with Crippen molar-refractivity contribution in [3.8, 4) is 0 Å². The summed E-state index contributed by atoms with van der Waals surface area (Å²) in [4.78, 5) is 13.5. The maximum atomic E-state index is 11.5. The summed E-state index contributed by atoms with van der Waals surface area (Å²) in [5, 5.41) is 0.471. The van der Waals surface area contributed by atoms with E-state index in [1.807, 2.05) is 16.7 Å². The van der Waals surface area contributed by atoms with E-state index in [4.69, 9.17) is 0 Å². The number of carbonyl (C=O) groups excluding carboxylic acids is 1. The van der Waals surface area contributed by atoms with Crippen molar-refractivity contribution in [3.63, 3.8) is 0 Å². The van der Waals surface area contributed by atoms with Crippen LogP contribution in [0.25, 0.3) is 6.08 Å². The monoisotopic (exact) mass is 259 g/mol. The fourth-order valence-electron chi connectivity index (χ4n) is 2.59. The van der Waals surface area contributed by atoms with E-state index in [1.165, 1.54) is 11.1 Å². The Labute approximate surface area is 112 Å². The number of thioether (sulfide) groups is 1. The molecular formula is C15H17NOS. The van der Waals surface area contributed by atoms with Crippen LogP contribution in [0.4, 0.5) is 0 Å². The molecule has 1 aliphatic carbocycles. The van der Waals surface area contributed by atoms with Crippen LogP contribution < -0.4 is 0 Å². The molecule has 1 aliphatic heterocycles. The van der Waals surface area contributed by atoms with Crippen LogP contribution in [0, 0.1) is 0 Å². The van der Waals surface area contributed by atoms with Crippen molar-refractivity contribution in [1.82, 2.24) is 4.90 Å². The van der Waals surface area contributed by atoms with E-state index >= 15 is 0 Å². The lowest BCUT2D eigenvalue weighted by atomic mass is 10.1. The fraction of sp³-hybridized carbons (Fsp3) is 0.400. The van der Waals surface area contributed by atoms with Gasteiger partial charge in [-0.3, -0.25) is 4.79 Å². The molecule has 1 unspecified atom stereocenters. The molecule has 0 aromatic heterocycles. The predicted octanol–water partition coefficient (Wildman–Crippen LogP) is 3.11. The lowest BCUT2D eigenvalue weighted by molar-refractivity contribution is -0.127. The number of likely N-dealkylation sites (tertiary alicyclic amines) is 1. The van der Waals surface area contributed by atoms with E-state index in [1.54, 1.807) is 0 Å². The Hall–Kier alpha value is -1.22. The molecule has 1 fully saturated rings. The normalized spacial score (nSPS) is 21.7. The van der Waals surface area contributed by atoms with Crippen molar-refractivity contribution in [1.29, 1.82) is 0 Å². The summed E-state index contributed by atoms with van der Waals surface area (Å²) in [5.74, 6) is 1.35. The molecule has 2 nitrogen and oxygen atoms in total. The molecule has 3 heteroatoms. The lowest BCUT2D eigenvalue weighted by Gasteiger charge is -2.17. The fourth-order valence-corrected chi connectivity index (χ4v) is 3.76. The Morgan fingerprint density at radius 3 is 3.06 bits per heavy atom. The molecule has 1 aromatic carbocycles. The number of hydrogen-bond acceptors (Lipinski definition) is 2. The van der Waals surface area contributed by atoms with Crippen LogP contribution in [-0.2, 0) is 4.79 Å². The van der Waals surface area contributed by atoms with E-state index in [0.29, 0.717) is 11.2 Å². The quantitative estimate of drug-likeness (QED) is 0.828. The number of rotatable bonds is 4. The van der Waals surface area contributed by atoms with E-state index in [2.05, 4.69) is 36.4 Å². The van der Waals surface area contributed by atoms with Crippen LogP contribution in [0.2, 0.25) is 0 Å². The minimum atomic E-state index is 0.331. The molecule has 0 radical (unpaired) electrons. The van der Waals surface area contributed by atoms with Gasteiger partial charge in [-0.25, -0.2) is 0 Å². The second kappa shape index (κ2) is 5.19. The van der Waals surface area contributed by atoms with Gasteiger partial charge in [0.1, 0.15) is 0 Å². The summed E-state index contributed by atoms with van der Waals surface area (Å²) in [6, 6.07) is 8.55. The van der Waals surface area contributed by atoms with Gasteiger partial charge in [0.15, 0.2) is 0 Å². The highest BCUT2D eigenvalue weighted by Crippen LogP contribution is 2.38. The molecule has 2 aliphatic rings. The Morgan fingerprint density at radius 1 is 1.33 bits per heavy atom. The summed E-state index contributed by atoms with van der Waals surface area (Å²) < 4.78 is 0. The van der Waals surface area contributed by atoms with Crippen LogP contribution in [0.15, 0.2) is 30.3 Å². The Bertz CT molecular complexity index is 483. The molecule has 1 atom stereocenters. The molecule has 0 N–H and O–H groups in total. The summed E-state index contributed by atoms with van der Waals surface area (Å²) in [6.07, 6.45) is 6.25. The molecule has 0 spiro atoms. The number of nitrogens with zero attached hydrogens (tertiary/aromatic N) is 1. The van der Waals surface area contributed by atoms with Gasteiger partial charge in [0, 0.05) is 30.5 Å². The van der Waals surface area contributed by atoms with Crippen LogP contribution in [0.3, 0.4) is 0 Å². The molecule has 1 aromatic rings. The number of hydrogen-bond donors (Lipinski definition) is 0. The Morgan fingerprint density at radius 2 is 2.22 bits per heavy atom. The zero-order valence-corrected chi connectivity index (χ0v) is 11.2. The van der Waals surface area contributed by atoms with Crippen LogP contribution in [0.5, 0.6) is 0 Å². The second-order valence-corrected chi connectivity index (χ2v) is 6.01. The van der Waals surface area contributed by atoms with Crippen LogP contribution in [-0.4, -0.2) is 29.6 Å². The number of benzene rings is 1. The Kier molecular flexibility index (Phi) is 3.41. The number of amides is 1. The summed E-state index contributed by atoms with van der Waals surface area (Å²) in [6.45, 7) is 1.85. The third-order valence-electron chi connectivity index (χ3n) is 3.58. The van der Waals surface area contributed by atoms with Crippen LogP contribution in [0.1, 0.15) is 29.2 Å². The van der Waals surface area contributed by atoms with Gasteiger partial charge in [-0.05, 0) is 17.5 Å². The molecule has 18 heavy (non-hydrogen) atoms. The number of carbonyl (C=O) groups is 1. The third-order valence-corrected chi connectivity index (χ3v) is 4.77. The van der Waals surface area contributed by atoms with Gasteiger partial charge in [-0.15, -0.1) is 11.8 Å². The average molecular weight is 259 g/mol. The maximum absolute atomic E-state index is 11.5. The topological polar surface area (TPSA) is 20.3 Å². The van der Waals surface area contributed by atoms with E-state index in [0.717, 1.165) is 31.7 Å². The van der Waals surface area contributed by atoms with E-state index < -0.39 is 0 Å². The smallest absolute Gasteiger partial charge is 0.222 e. The van der Waals surface area contributed by atoms with Gasteiger partial charge in [0.05, 0.1) is 0 Å². The maximum Gasteiger partial charge on any atom is 0.222 e. The predicted molar refractivity (Wildman–Crippen MR) is 76.5 cm³/mol. The first kappa shape index (κ1) is 11.8. The largest absolute Gasteiger partial charge is 0.342 e. The van der Waals surface area contributed by atoms with Crippen molar-refractivity contribution in [3.05, 3.63) is 41.5 Å². The highest BCUT2D eigenvalue weighted by molar-refractivity contribution is 7.99. The molecule has 1 saturated heterocycles. The summed E-state index contributed by atoms with van der Waals surface area (Å²) >= 11 is 1.93. The van der Waals surface area contributed by atoms with Gasteiger partial charge in [0.2, 0.25) is 5.91 Å². The molecule has 1 heterocycles. The van der Waals surface area contributed by atoms with Gasteiger partial charge in [0.25, 0.3) is 0 Å². The zero-order valence-electron chi connectivity index (χ0n) is 10.3. The molecule has 3 rings (SSSR count). The first-order valence-corrected chi connectivity index (χ1v) is 7.56. The van der Waals surface area contributed by atoms with E-state index in [9.17, 15) is 4.79 Å². The minimum Gasteiger partial charge on any atom is -0.342 e. The first-order valence-electron chi connectivity index (χ1n) is 6.51. The number of fused-ring (bicyclic) bond motifs is 1. The van der Waals surface area contributed by atoms with Gasteiger partial charge in [-0.1, -0.05) is 36.4 Å². The summed E-state index contributed by atoms with van der Waals surface area (Å²) in [5.41, 5.74) is 2.75.